The van der Waals surface area contributed by atoms with Crippen LogP contribution in [0.5, 0.6) is 0 Å². The van der Waals surface area contributed by atoms with E-state index in [0.717, 1.165) is 16.1 Å². The molecule has 3 rings (SSSR count). The molecule has 4 nitrogen and oxygen atoms in total. The first-order valence-electron chi connectivity index (χ1n) is 6.77. The molecule has 2 aromatic rings. The highest BCUT2D eigenvalue weighted by atomic mass is 79.9. The molecule has 0 bridgehead atoms. The molecule has 1 unspecified atom stereocenters. The van der Waals surface area contributed by atoms with Gasteiger partial charge in [0.25, 0.3) is 0 Å². The number of hydrogen-bond donors (Lipinski definition) is 1. The Morgan fingerprint density at radius 3 is 2.84 bits per heavy atom. The highest BCUT2D eigenvalue weighted by Gasteiger charge is 2.18. The van der Waals surface area contributed by atoms with Crippen LogP contribution in [0.25, 0.3) is 0 Å². The Bertz CT molecular complexity index is 542. The minimum absolute atomic E-state index is 0.141. The van der Waals surface area contributed by atoms with Crippen LogP contribution in [0.2, 0.25) is 0 Å². The number of nitrogens with zero attached hydrogens (tertiary/aromatic N) is 2. The molecule has 0 spiro atoms. The third-order valence-electron chi connectivity index (χ3n) is 3.75. The van der Waals surface area contributed by atoms with Gasteiger partial charge in [0.05, 0.1) is 17.8 Å². The quantitative estimate of drug-likeness (QED) is 0.935. The first kappa shape index (κ1) is 12.9. The number of aromatic nitrogens is 2. The van der Waals surface area contributed by atoms with Crippen molar-refractivity contribution in [2.24, 2.45) is 5.73 Å². The lowest BCUT2D eigenvalue weighted by Gasteiger charge is -2.09. The van der Waals surface area contributed by atoms with Crippen molar-refractivity contribution in [2.75, 3.05) is 0 Å². The van der Waals surface area contributed by atoms with Crippen LogP contribution in [0, 0.1) is 0 Å². The first-order valence-corrected chi connectivity index (χ1v) is 7.56. The first-order chi connectivity index (χ1) is 9.22. The summed E-state index contributed by atoms with van der Waals surface area (Å²) >= 11 is 3.29. The van der Waals surface area contributed by atoms with E-state index in [9.17, 15) is 0 Å². The van der Waals surface area contributed by atoms with Gasteiger partial charge in [-0.3, -0.25) is 4.68 Å². The van der Waals surface area contributed by atoms with E-state index in [4.69, 9.17) is 10.2 Å². The van der Waals surface area contributed by atoms with E-state index in [0.29, 0.717) is 12.5 Å². The molecule has 0 aliphatic heterocycles. The molecule has 2 N–H and O–H groups in total. The molecule has 1 fully saturated rings. The Kier molecular flexibility index (Phi) is 3.75. The summed E-state index contributed by atoms with van der Waals surface area (Å²) < 4.78 is 8.30. The van der Waals surface area contributed by atoms with Gasteiger partial charge < -0.3 is 10.2 Å². The fourth-order valence-corrected chi connectivity index (χ4v) is 3.03. The average molecular weight is 324 g/mol. The lowest BCUT2D eigenvalue weighted by atomic mass is 10.1. The van der Waals surface area contributed by atoms with E-state index in [2.05, 4.69) is 38.0 Å². The Labute approximate surface area is 121 Å². The summed E-state index contributed by atoms with van der Waals surface area (Å²) in [5.41, 5.74) is 7.17. The Morgan fingerprint density at radius 2 is 2.16 bits per heavy atom. The van der Waals surface area contributed by atoms with Crippen LogP contribution in [-0.2, 0) is 6.42 Å². The lowest BCUT2D eigenvalue weighted by Crippen LogP contribution is -2.13. The number of halogens is 1. The Balaban J connectivity index is 1.66. The molecule has 19 heavy (non-hydrogen) atoms. The van der Waals surface area contributed by atoms with E-state index in [1.807, 2.05) is 12.1 Å². The summed E-state index contributed by atoms with van der Waals surface area (Å²) in [6.07, 6.45) is 7.92. The van der Waals surface area contributed by atoms with Crippen LogP contribution in [0.1, 0.15) is 49.2 Å². The summed E-state index contributed by atoms with van der Waals surface area (Å²) in [6, 6.07) is 6.28. The summed E-state index contributed by atoms with van der Waals surface area (Å²) in [5, 5.41) is 4.65. The summed E-state index contributed by atoms with van der Waals surface area (Å²) in [5.74, 6) is 0.794. The Hall–Kier alpha value is -1.07. The molecule has 0 saturated heterocycles. The summed E-state index contributed by atoms with van der Waals surface area (Å²) in [7, 11) is 0. The third-order valence-corrected chi connectivity index (χ3v) is 4.18. The van der Waals surface area contributed by atoms with Gasteiger partial charge in [0, 0.05) is 12.6 Å². The molecule has 5 heteroatoms. The second kappa shape index (κ2) is 5.51. The molecule has 1 aliphatic rings. The van der Waals surface area contributed by atoms with Crippen LogP contribution >= 0.6 is 15.9 Å². The van der Waals surface area contributed by atoms with Gasteiger partial charge in [0.15, 0.2) is 4.67 Å². The zero-order chi connectivity index (χ0) is 13.2. The fourth-order valence-electron chi connectivity index (χ4n) is 2.71. The molecule has 0 radical (unpaired) electrons. The van der Waals surface area contributed by atoms with E-state index < -0.39 is 0 Å². The van der Waals surface area contributed by atoms with Crippen LogP contribution in [-0.4, -0.2) is 9.78 Å². The van der Waals surface area contributed by atoms with Crippen molar-refractivity contribution < 1.29 is 4.42 Å². The van der Waals surface area contributed by atoms with Gasteiger partial charge in [-0.1, -0.05) is 12.8 Å². The van der Waals surface area contributed by atoms with E-state index >= 15 is 0 Å². The fraction of sp³-hybridized carbons (Fsp3) is 0.500. The zero-order valence-corrected chi connectivity index (χ0v) is 12.3. The van der Waals surface area contributed by atoms with Crippen molar-refractivity contribution in [3.8, 4) is 0 Å². The monoisotopic (exact) mass is 323 g/mol. The number of hydrogen-bond acceptors (Lipinski definition) is 3. The maximum absolute atomic E-state index is 6.14. The van der Waals surface area contributed by atoms with Crippen LogP contribution in [0.15, 0.2) is 33.5 Å². The zero-order valence-electron chi connectivity index (χ0n) is 10.8. The second-order valence-electron chi connectivity index (χ2n) is 5.18. The summed E-state index contributed by atoms with van der Waals surface area (Å²) in [4.78, 5) is 0. The standard InChI is InChI=1S/C14H18BrN3O/c15-14-6-5-13(19-14)12(16)9-10-7-8-18(17-10)11-3-1-2-4-11/h5-8,11-12H,1-4,9,16H2. The van der Waals surface area contributed by atoms with E-state index in [1.165, 1.54) is 25.7 Å². The minimum atomic E-state index is -0.141. The van der Waals surface area contributed by atoms with Crippen molar-refractivity contribution in [1.82, 2.24) is 9.78 Å². The number of furan rings is 1. The molecule has 1 atom stereocenters. The highest BCUT2D eigenvalue weighted by Crippen LogP contribution is 2.29. The van der Waals surface area contributed by atoms with Gasteiger partial charge in [-0.25, -0.2) is 0 Å². The number of nitrogens with two attached hydrogens (primary N) is 1. The van der Waals surface area contributed by atoms with Crippen molar-refractivity contribution in [3.05, 3.63) is 40.5 Å². The maximum atomic E-state index is 6.14. The normalized spacial score (nSPS) is 18.0. The predicted octanol–water partition coefficient (Wildman–Crippen LogP) is 3.60. The van der Waals surface area contributed by atoms with Gasteiger partial charge in [-0.2, -0.15) is 5.10 Å². The van der Waals surface area contributed by atoms with Crippen molar-refractivity contribution in [3.63, 3.8) is 0 Å². The van der Waals surface area contributed by atoms with Gasteiger partial charge in [-0.05, 0) is 47.0 Å². The molecule has 2 heterocycles. The lowest BCUT2D eigenvalue weighted by molar-refractivity contribution is 0.438. The molecule has 2 aromatic heterocycles. The van der Waals surface area contributed by atoms with Crippen molar-refractivity contribution >= 4 is 15.9 Å². The third kappa shape index (κ3) is 2.92. The second-order valence-corrected chi connectivity index (χ2v) is 5.96. The van der Waals surface area contributed by atoms with Gasteiger partial charge >= 0.3 is 0 Å². The largest absolute Gasteiger partial charge is 0.453 e. The molecule has 0 amide bonds. The van der Waals surface area contributed by atoms with Gasteiger partial charge in [0.2, 0.25) is 0 Å². The molecule has 1 aliphatic carbocycles. The minimum Gasteiger partial charge on any atom is -0.453 e. The topological polar surface area (TPSA) is 57.0 Å². The van der Waals surface area contributed by atoms with E-state index in [-0.39, 0.29) is 6.04 Å². The van der Waals surface area contributed by atoms with Gasteiger partial charge in [0.1, 0.15) is 5.76 Å². The molecule has 0 aromatic carbocycles. The van der Waals surface area contributed by atoms with Crippen molar-refractivity contribution in [1.29, 1.82) is 0 Å². The Morgan fingerprint density at radius 1 is 1.37 bits per heavy atom. The van der Waals surface area contributed by atoms with Crippen LogP contribution < -0.4 is 5.73 Å². The summed E-state index contributed by atoms with van der Waals surface area (Å²) in [6.45, 7) is 0. The molecule has 102 valence electrons. The SMILES string of the molecule is NC(Cc1ccn(C2CCCC2)n1)c1ccc(Br)o1. The number of rotatable bonds is 4. The molecular formula is C14H18BrN3O. The predicted molar refractivity (Wildman–Crippen MR) is 76.8 cm³/mol. The van der Waals surface area contributed by atoms with Crippen LogP contribution in [0.4, 0.5) is 0 Å². The highest BCUT2D eigenvalue weighted by molar-refractivity contribution is 9.10. The average Bonchev–Trinajstić information content (AvgIpc) is 3.07. The van der Waals surface area contributed by atoms with Gasteiger partial charge in [-0.15, -0.1) is 0 Å². The molecular weight excluding hydrogens is 306 g/mol. The van der Waals surface area contributed by atoms with Crippen LogP contribution in [0.3, 0.4) is 0 Å². The maximum Gasteiger partial charge on any atom is 0.169 e. The van der Waals surface area contributed by atoms with Crippen molar-refractivity contribution in [2.45, 2.75) is 44.2 Å². The van der Waals surface area contributed by atoms with E-state index in [1.54, 1.807) is 0 Å². The smallest absolute Gasteiger partial charge is 0.169 e. The molecule has 1 saturated carbocycles.